The summed E-state index contributed by atoms with van der Waals surface area (Å²) in [7, 11) is 2.00. The lowest BCUT2D eigenvalue weighted by Crippen LogP contribution is -2.40. The van der Waals surface area contributed by atoms with Gasteiger partial charge in [-0.25, -0.2) is 0 Å². The average Bonchev–Trinajstić information content (AvgIpc) is 2.52. The molecule has 0 radical (unpaired) electrons. The molecule has 2 rings (SSSR count). The van der Waals surface area contributed by atoms with E-state index in [4.69, 9.17) is 0 Å². The molecule has 0 saturated carbocycles. The van der Waals surface area contributed by atoms with Crippen molar-refractivity contribution >= 4 is 22.4 Å². The first-order chi connectivity index (χ1) is 10.1. The number of hydrogen-bond donors (Lipinski definition) is 1. The third-order valence-corrected chi connectivity index (χ3v) is 3.95. The molecule has 3 heteroatoms. The van der Waals surface area contributed by atoms with Gasteiger partial charge in [0, 0.05) is 11.1 Å². The lowest BCUT2D eigenvalue weighted by atomic mass is 10.1. The van der Waals surface area contributed by atoms with Crippen LogP contribution in [0.15, 0.2) is 42.5 Å². The second-order valence-electron chi connectivity index (χ2n) is 5.53. The Balaban J connectivity index is 2.11. The molecule has 1 unspecified atom stereocenters. The standard InChI is InChI=1S/C18H24N2O/c1-4-5-13-20(3)14(2)18(21)19-17-12-8-10-15-9-6-7-11-16(15)17/h6-12,14H,4-5,13H2,1-3H3,(H,19,21). The molecule has 0 saturated heterocycles. The van der Waals surface area contributed by atoms with Crippen LogP contribution in [0.25, 0.3) is 10.8 Å². The summed E-state index contributed by atoms with van der Waals surface area (Å²) in [5, 5.41) is 5.28. The Morgan fingerprint density at radius 1 is 1.19 bits per heavy atom. The highest BCUT2D eigenvalue weighted by atomic mass is 16.2. The van der Waals surface area contributed by atoms with Gasteiger partial charge in [-0.1, -0.05) is 49.7 Å². The lowest BCUT2D eigenvalue weighted by molar-refractivity contribution is -0.120. The normalized spacial score (nSPS) is 12.6. The summed E-state index contributed by atoms with van der Waals surface area (Å²) in [6.45, 7) is 5.06. The van der Waals surface area contributed by atoms with E-state index in [9.17, 15) is 4.79 Å². The number of anilines is 1. The molecule has 0 fully saturated rings. The monoisotopic (exact) mass is 284 g/mol. The number of likely N-dealkylation sites (N-methyl/N-ethyl adjacent to an activating group) is 1. The predicted molar refractivity (Wildman–Crippen MR) is 89.6 cm³/mol. The van der Waals surface area contributed by atoms with E-state index in [1.54, 1.807) is 0 Å². The van der Waals surface area contributed by atoms with Crippen LogP contribution in [-0.2, 0) is 4.79 Å². The van der Waals surface area contributed by atoms with Crippen LogP contribution in [0.2, 0.25) is 0 Å². The Morgan fingerprint density at radius 2 is 1.90 bits per heavy atom. The average molecular weight is 284 g/mol. The van der Waals surface area contributed by atoms with E-state index in [0.717, 1.165) is 35.8 Å². The van der Waals surface area contributed by atoms with Crippen LogP contribution in [-0.4, -0.2) is 30.4 Å². The van der Waals surface area contributed by atoms with Crippen molar-refractivity contribution in [2.45, 2.75) is 32.7 Å². The van der Waals surface area contributed by atoms with Crippen molar-refractivity contribution in [3.63, 3.8) is 0 Å². The van der Waals surface area contributed by atoms with Crippen LogP contribution in [0.4, 0.5) is 5.69 Å². The molecular formula is C18H24N2O. The summed E-state index contributed by atoms with van der Waals surface area (Å²) in [4.78, 5) is 14.5. The topological polar surface area (TPSA) is 32.3 Å². The Hall–Kier alpha value is -1.87. The highest BCUT2D eigenvalue weighted by Gasteiger charge is 2.18. The molecule has 0 aromatic heterocycles. The van der Waals surface area contributed by atoms with Crippen LogP contribution in [0.3, 0.4) is 0 Å². The van der Waals surface area contributed by atoms with Crippen molar-refractivity contribution in [2.24, 2.45) is 0 Å². The number of hydrogen-bond acceptors (Lipinski definition) is 2. The number of carbonyl (C=O) groups is 1. The molecule has 1 atom stereocenters. The first-order valence-electron chi connectivity index (χ1n) is 7.62. The minimum absolute atomic E-state index is 0.0463. The molecule has 3 nitrogen and oxygen atoms in total. The van der Waals surface area contributed by atoms with Gasteiger partial charge < -0.3 is 5.32 Å². The van der Waals surface area contributed by atoms with E-state index < -0.39 is 0 Å². The van der Waals surface area contributed by atoms with Crippen molar-refractivity contribution in [1.29, 1.82) is 0 Å². The molecule has 0 bridgehead atoms. The minimum atomic E-state index is -0.129. The van der Waals surface area contributed by atoms with Crippen molar-refractivity contribution < 1.29 is 4.79 Å². The number of benzene rings is 2. The third-order valence-electron chi connectivity index (χ3n) is 3.95. The summed E-state index contributed by atoms with van der Waals surface area (Å²) < 4.78 is 0. The van der Waals surface area contributed by atoms with Gasteiger partial charge in [0.05, 0.1) is 6.04 Å². The van der Waals surface area contributed by atoms with Gasteiger partial charge >= 0.3 is 0 Å². The number of nitrogens with zero attached hydrogens (tertiary/aromatic N) is 1. The van der Waals surface area contributed by atoms with Gasteiger partial charge in [-0.3, -0.25) is 9.69 Å². The maximum atomic E-state index is 12.4. The zero-order valence-electron chi connectivity index (χ0n) is 13.1. The van der Waals surface area contributed by atoms with Crippen molar-refractivity contribution in [3.05, 3.63) is 42.5 Å². The smallest absolute Gasteiger partial charge is 0.241 e. The highest BCUT2D eigenvalue weighted by Crippen LogP contribution is 2.23. The number of amides is 1. The van der Waals surface area contributed by atoms with E-state index in [0.29, 0.717) is 0 Å². The Morgan fingerprint density at radius 3 is 2.67 bits per heavy atom. The van der Waals surface area contributed by atoms with E-state index >= 15 is 0 Å². The molecule has 0 aliphatic heterocycles. The third kappa shape index (κ3) is 3.82. The number of carbonyl (C=O) groups excluding carboxylic acids is 1. The van der Waals surface area contributed by atoms with E-state index in [-0.39, 0.29) is 11.9 Å². The molecule has 21 heavy (non-hydrogen) atoms. The predicted octanol–water partition coefficient (Wildman–Crippen LogP) is 3.90. The zero-order valence-corrected chi connectivity index (χ0v) is 13.1. The fourth-order valence-corrected chi connectivity index (χ4v) is 2.37. The second kappa shape index (κ2) is 7.23. The molecule has 1 N–H and O–H groups in total. The van der Waals surface area contributed by atoms with Gasteiger partial charge in [0.25, 0.3) is 0 Å². The Kier molecular flexibility index (Phi) is 5.34. The summed E-state index contributed by atoms with van der Waals surface area (Å²) in [6, 6.07) is 14.0. The number of fused-ring (bicyclic) bond motifs is 1. The maximum absolute atomic E-state index is 12.4. The van der Waals surface area contributed by atoms with Crippen LogP contribution in [0.1, 0.15) is 26.7 Å². The summed E-state index contributed by atoms with van der Waals surface area (Å²) >= 11 is 0. The molecule has 0 aliphatic carbocycles. The summed E-state index contributed by atoms with van der Waals surface area (Å²) in [6.07, 6.45) is 2.25. The van der Waals surface area contributed by atoms with Gasteiger partial charge in [0.2, 0.25) is 5.91 Å². The molecule has 1 amide bonds. The SMILES string of the molecule is CCCCN(C)C(C)C(=O)Nc1cccc2ccccc12. The minimum Gasteiger partial charge on any atom is -0.324 e. The fraction of sp³-hybridized carbons (Fsp3) is 0.389. The van der Waals surface area contributed by atoms with Gasteiger partial charge in [-0.2, -0.15) is 0 Å². The number of unbranched alkanes of at least 4 members (excludes halogenated alkanes) is 1. The van der Waals surface area contributed by atoms with Gasteiger partial charge in [0.1, 0.15) is 0 Å². The largest absolute Gasteiger partial charge is 0.324 e. The molecule has 0 aliphatic rings. The molecule has 2 aromatic carbocycles. The summed E-state index contributed by atoms with van der Waals surface area (Å²) in [5.74, 6) is 0.0463. The Labute approximate surface area is 127 Å². The first kappa shape index (κ1) is 15.5. The van der Waals surface area contributed by atoms with Crippen LogP contribution in [0, 0.1) is 0 Å². The van der Waals surface area contributed by atoms with Crippen molar-refractivity contribution in [1.82, 2.24) is 4.90 Å². The van der Waals surface area contributed by atoms with E-state index in [2.05, 4.69) is 29.3 Å². The highest BCUT2D eigenvalue weighted by molar-refractivity contribution is 6.03. The fourth-order valence-electron chi connectivity index (χ4n) is 2.37. The molecule has 2 aromatic rings. The molecule has 0 heterocycles. The van der Waals surface area contributed by atoms with E-state index in [1.165, 1.54) is 0 Å². The van der Waals surface area contributed by atoms with Gasteiger partial charge in [-0.15, -0.1) is 0 Å². The molecular weight excluding hydrogens is 260 g/mol. The van der Waals surface area contributed by atoms with Crippen LogP contribution >= 0.6 is 0 Å². The number of nitrogens with one attached hydrogen (secondary N) is 1. The molecule has 112 valence electrons. The number of rotatable bonds is 6. The first-order valence-corrected chi connectivity index (χ1v) is 7.62. The van der Waals surface area contributed by atoms with Crippen molar-refractivity contribution in [3.8, 4) is 0 Å². The van der Waals surface area contributed by atoms with Crippen molar-refractivity contribution in [2.75, 3.05) is 18.9 Å². The van der Waals surface area contributed by atoms with Crippen LogP contribution < -0.4 is 5.32 Å². The Bertz CT molecular complexity index is 604. The van der Waals surface area contributed by atoms with Gasteiger partial charge in [-0.05, 0) is 38.4 Å². The van der Waals surface area contributed by atoms with E-state index in [1.807, 2.05) is 44.3 Å². The zero-order chi connectivity index (χ0) is 15.2. The van der Waals surface area contributed by atoms with Gasteiger partial charge in [0.15, 0.2) is 0 Å². The maximum Gasteiger partial charge on any atom is 0.241 e. The lowest BCUT2D eigenvalue weighted by Gasteiger charge is -2.23. The molecule has 0 spiro atoms. The second-order valence-corrected chi connectivity index (χ2v) is 5.53. The summed E-state index contributed by atoms with van der Waals surface area (Å²) in [5.41, 5.74) is 0.883. The quantitative estimate of drug-likeness (QED) is 0.872. The van der Waals surface area contributed by atoms with Crippen LogP contribution in [0.5, 0.6) is 0 Å².